The van der Waals surface area contributed by atoms with Gasteiger partial charge in [0.25, 0.3) is 0 Å². The number of aromatic nitrogens is 2. The fourth-order valence-electron chi connectivity index (χ4n) is 3.05. The first kappa shape index (κ1) is 16.2. The second kappa shape index (κ2) is 6.82. The summed E-state index contributed by atoms with van der Waals surface area (Å²) in [5, 5.41) is 4.41. The Morgan fingerprint density at radius 2 is 2.04 bits per heavy atom. The summed E-state index contributed by atoms with van der Waals surface area (Å²) in [5.74, 6) is 0. The largest absolute Gasteiger partial charge is 0.291 e. The van der Waals surface area contributed by atoms with Crippen molar-refractivity contribution in [2.24, 2.45) is 0 Å². The monoisotopic (exact) mass is 334 g/mol. The smallest absolute Gasteiger partial charge is 0.208 e. The van der Waals surface area contributed by atoms with Gasteiger partial charge >= 0.3 is 0 Å². The molecule has 0 unspecified atom stereocenters. The van der Waals surface area contributed by atoms with Crippen LogP contribution in [0.25, 0.3) is 0 Å². The topological polar surface area (TPSA) is 67.2 Å². The number of rotatable bonds is 6. The Balaban J connectivity index is 1.67. The molecule has 6 nitrogen and oxygen atoms in total. The van der Waals surface area contributed by atoms with Gasteiger partial charge in [-0.05, 0) is 18.1 Å². The van der Waals surface area contributed by atoms with Crippen LogP contribution in [0.4, 0.5) is 0 Å². The van der Waals surface area contributed by atoms with Gasteiger partial charge in [0.15, 0.2) is 0 Å². The average Bonchev–Trinajstić information content (AvgIpc) is 2.95. The maximum Gasteiger partial charge on any atom is 0.208 e. The van der Waals surface area contributed by atoms with E-state index in [1.807, 2.05) is 23.0 Å². The zero-order valence-electron chi connectivity index (χ0n) is 13.2. The van der Waals surface area contributed by atoms with E-state index in [1.54, 1.807) is 0 Å². The predicted molar refractivity (Wildman–Crippen MR) is 89.3 cm³/mol. The van der Waals surface area contributed by atoms with Crippen LogP contribution in [0.2, 0.25) is 0 Å². The van der Waals surface area contributed by atoms with Crippen molar-refractivity contribution in [2.75, 3.05) is 19.3 Å². The Hall–Kier alpha value is -1.70. The molecule has 0 radical (unpaired) electrons. The number of hydrogen-bond donors (Lipinski definition) is 1. The van der Waals surface area contributed by atoms with Gasteiger partial charge in [0, 0.05) is 32.4 Å². The van der Waals surface area contributed by atoms with E-state index >= 15 is 0 Å². The Bertz CT molecular complexity index is 742. The molecule has 0 bridgehead atoms. The lowest BCUT2D eigenvalue weighted by atomic mass is 10.1. The molecule has 1 aromatic carbocycles. The van der Waals surface area contributed by atoms with Crippen LogP contribution in [0.3, 0.4) is 0 Å². The van der Waals surface area contributed by atoms with Gasteiger partial charge in [-0.15, -0.1) is 0 Å². The second-order valence-corrected chi connectivity index (χ2v) is 7.86. The number of nitrogens with one attached hydrogen (secondary N) is 1. The van der Waals surface area contributed by atoms with E-state index in [2.05, 4.69) is 39.0 Å². The van der Waals surface area contributed by atoms with Crippen molar-refractivity contribution >= 4 is 10.0 Å². The highest BCUT2D eigenvalue weighted by Gasteiger charge is 2.25. The van der Waals surface area contributed by atoms with E-state index in [1.165, 1.54) is 17.5 Å². The summed E-state index contributed by atoms with van der Waals surface area (Å²) in [7, 11) is -3.14. The standard InChI is InChI=1S/C16H22N4O2S/c1-23(21,22)18-10-8-16-13-19(11-14-5-3-2-4-6-14)12-15-7-9-17-20(15)16/h2-7,9,16,18H,8,10-13H2,1H3/t16-/m1/s1. The van der Waals surface area contributed by atoms with Crippen molar-refractivity contribution in [3.05, 3.63) is 53.9 Å². The van der Waals surface area contributed by atoms with Crippen LogP contribution in [-0.2, 0) is 23.1 Å². The van der Waals surface area contributed by atoms with Crippen molar-refractivity contribution in [3.63, 3.8) is 0 Å². The first-order chi connectivity index (χ1) is 11.0. The Kier molecular flexibility index (Phi) is 4.79. The van der Waals surface area contributed by atoms with Crippen LogP contribution >= 0.6 is 0 Å². The highest BCUT2D eigenvalue weighted by Crippen LogP contribution is 2.24. The van der Waals surface area contributed by atoms with Gasteiger partial charge in [0.2, 0.25) is 10.0 Å². The molecule has 2 heterocycles. The molecule has 0 aliphatic carbocycles. The Morgan fingerprint density at radius 3 is 2.78 bits per heavy atom. The van der Waals surface area contributed by atoms with Crippen molar-refractivity contribution in [2.45, 2.75) is 25.6 Å². The molecule has 1 aromatic heterocycles. The summed E-state index contributed by atoms with van der Waals surface area (Å²) in [6.45, 7) is 3.06. The van der Waals surface area contributed by atoms with Crippen molar-refractivity contribution in [1.82, 2.24) is 19.4 Å². The molecule has 0 amide bonds. The Labute approximate surface area is 137 Å². The lowest BCUT2D eigenvalue weighted by Gasteiger charge is -2.34. The normalized spacial score (nSPS) is 18.7. The van der Waals surface area contributed by atoms with Crippen LogP contribution in [0.5, 0.6) is 0 Å². The van der Waals surface area contributed by atoms with Crippen LogP contribution in [0, 0.1) is 0 Å². The molecule has 1 aliphatic heterocycles. The number of sulfonamides is 1. The molecule has 7 heteroatoms. The van der Waals surface area contributed by atoms with E-state index in [0.29, 0.717) is 6.54 Å². The third kappa shape index (κ3) is 4.40. The number of nitrogens with zero attached hydrogens (tertiary/aromatic N) is 3. The fraction of sp³-hybridized carbons (Fsp3) is 0.438. The molecule has 1 N–H and O–H groups in total. The number of fused-ring (bicyclic) bond motifs is 1. The van der Waals surface area contributed by atoms with E-state index in [4.69, 9.17) is 0 Å². The minimum absolute atomic E-state index is 0.187. The minimum atomic E-state index is -3.14. The molecule has 124 valence electrons. The van der Waals surface area contributed by atoms with Crippen molar-refractivity contribution in [1.29, 1.82) is 0 Å². The molecule has 0 saturated heterocycles. The summed E-state index contributed by atoms with van der Waals surface area (Å²) in [5.41, 5.74) is 2.46. The zero-order chi connectivity index (χ0) is 16.3. The van der Waals surface area contributed by atoms with Crippen molar-refractivity contribution < 1.29 is 8.42 Å². The molecular formula is C16H22N4O2S. The minimum Gasteiger partial charge on any atom is -0.291 e. The van der Waals surface area contributed by atoms with E-state index in [0.717, 1.165) is 26.1 Å². The fourth-order valence-corrected chi connectivity index (χ4v) is 3.54. The van der Waals surface area contributed by atoms with Crippen LogP contribution in [-0.4, -0.2) is 42.4 Å². The molecule has 3 rings (SSSR count). The SMILES string of the molecule is CS(=O)(=O)NCC[C@@H]1CN(Cc2ccccc2)Cc2ccnn21. The molecule has 1 atom stereocenters. The van der Waals surface area contributed by atoms with Gasteiger partial charge in [-0.1, -0.05) is 30.3 Å². The summed E-state index contributed by atoms with van der Waals surface area (Å²) < 4.78 is 27.1. The molecular weight excluding hydrogens is 312 g/mol. The van der Waals surface area contributed by atoms with E-state index in [9.17, 15) is 8.42 Å². The third-order valence-electron chi connectivity index (χ3n) is 4.04. The van der Waals surface area contributed by atoms with Crippen LogP contribution < -0.4 is 4.72 Å². The number of benzene rings is 1. The number of hydrogen-bond acceptors (Lipinski definition) is 4. The molecule has 0 saturated carbocycles. The average molecular weight is 334 g/mol. The van der Waals surface area contributed by atoms with Gasteiger partial charge in [-0.3, -0.25) is 9.58 Å². The predicted octanol–water partition coefficient (Wildman–Crippen LogP) is 1.38. The highest BCUT2D eigenvalue weighted by atomic mass is 32.2. The third-order valence-corrected chi connectivity index (χ3v) is 4.77. The maximum atomic E-state index is 11.2. The van der Waals surface area contributed by atoms with Gasteiger partial charge < -0.3 is 0 Å². The lowest BCUT2D eigenvalue weighted by Crippen LogP contribution is -2.38. The highest BCUT2D eigenvalue weighted by molar-refractivity contribution is 7.88. The summed E-state index contributed by atoms with van der Waals surface area (Å²) in [6.07, 6.45) is 3.74. The van der Waals surface area contributed by atoms with Crippen LogP contribution in [0.1, 0.15) is 23.7 Å². The van der Waals surface area contributed by atoms with Gasteiger partial charge in [-0.2, -0.15) is 5.10 Å². The first-order valence-corrected chi connectivity index (χ1v) is 9.64. The molecule has 23 heavy (non-hydrogen) atoms. The first-order valence-electron chi connectivity index (χ1n) is 7.74. The molecule has 2 aromatic rings. The van der Waals surface area contributed by atoms with Gasteiger partial charge in [-0.25, -0.2) is 13.1 Å². The van der Waals surface area contributed by atoms with E-state index < -0.39 is 10.0 Å². The summed E-state index contributed by atoms with van der Waals surface area (Å²) in [4.78, 5) is 2.39. The summed E-state index contributed by atoms with van der Waals surface area (Å²) >= 11 is 0. The molecule has 0 spiro atoms. The summed E-state index contributed by atoms with van der Waals surface area (Å²) in [6, 6.07) is 12.6. The molecule has 0 fully saturated rings. The second-order valence-electron chi connectivity index (χ2n) is 6.03. The quantitative estimate of drug-likeness (QED) is 0.867. The van der Waals surface area contributed by atoms with Crippen LogP contribution in [0.15, 0.2) is 42.6 Å². The van der Waals surface area contributed by atoms with Gasteiger partial charge in [0.05, 0.1) is 18.0 Å². The van der Waals surface area contributed by atoms with E-state index in [-0.39, 0.29) is 6.04 Å². The lowest BCUT2D eigenvalue weighted by molar-refractivity contribution is 0.162. The van der Waals surface area contributed by atoms with Gasteiger partial charge in [0.1, 0.15) is 0 Å². The zero-order valence-corrected chi connectivity index (χ0v) is 14.0. The Morgan fingerprint density at radius 1 is 1.26 bits per heavy atom. The molecule has 1 aliphatic rings. The van der Waals surface area contributed by atoms with Crippen molar-refractivity contribution in [3.8, 4) is 0 Å². The maximum absolute atomic E-state index is 11.2.